The van der Waals surface area contributed by atoms with Gasteiger partial charge in [-0.25, -0.2) is 15.0 Å². The molecule has 8 heteroatoms. The zero-order valence-electron chi connectivity index (χ0n) is 14.5. The summed E-state index contributed by atoms with van der Waals surface area (Å²) in [5.41, 5.74) is 3.55. The molecule has 0 atom stereocenters. The van der Waals surface area contributed by atoms with Gasteiger partial charge in [0.05, 0.1) is 17.9 Å². The molecule has 25 heavy (non-hydrogen) atoms. The Morgan fingerprint density at radius 2 is 1.96 bits per heavy atom. The minimum atomic E-state index is 0.655. The third-order valence-electron chi connectivity index (χ3n) is 4.42. The Kier molecular flexibility index (Phi) is 3.81. The largest absolute Gasteiger partial charge is 0.283 e. The van der Waals surface area contributed by atoms with Crippen LogP contribution in [-0.2, 0) is 0 Å². The number of benzene rings is 1. The Balaban J connectivity index is 1.80. The van der Waals surface area contributed by atoms with Gasteiger partial charge in [0.15, 0.2) is 5.65 Å². The molecule has 3 aromatic heterocycles. The van der Waals surface area contributed by atoms with Crippen molar-refractivity contribution in [2.75, 3.05) is 25.1 Å². The predicted molar refractivity (Wildman–Crippen MR) is 97.6 cm³/mol. The third kappa shape index (κ3) is 2.60. The molecule has 0 radical (unpaired) electrons. The molecule has 4 rings (SSSR count). The summed E-state index contributed by atoms with van der Waals surface area (Å²) in [6, 6.07) is 6.10. The van der Waals surface area contributed by atoms with Crippen LogP contribution in [0.4, 0.5) is 5.95 Å². The second-order valence-corrected chi connectivity index (χ2v) is 5.80. The van der Waals surface area contributed by atoms with Gasteiger partial charge in [0.2, 0.25) is 5.95 Å². The molecule has 128 valence electrons. The number of hydrogen-bond acceptors (Lipinski definition) is 6. The summed E-state index contributed by atoms with van der Waals surface area (Å²) >= 11 is 0. The van der Waals surface area contributed by atoms with Gasteiger partial charge in [-0.15, -0.1) is 0 Å². The van der Waals surface area contributed by atoms with Gasteiger partial charge in [-0.3, -0.25) is 14.7 Å². The van der Waals surface area contributed by atoms with Crippen LogP contribution >= 0.6 is 0 Å². The second kappa shape index (κ2) is 6.14. The second-order valence-electron chi connectivity index (χ2n) is 5.80. The van der Waals surface area contributed by atoms with E-state index in [-0.39, 0.29) is 0 Å². The van der Waals surface area contributed by atoms with Crippen molar-refractivity contribution in [2.45, 2.75) is 13.8 Å². The number of nitrogens with zero attached hydrogens (tertiary/aromatic N) is 7. The van der Waals surface area contributed by atoms with Crippen molar-refractivity contribution in [1.29, 1.82) is 0 Å². The first-order valence-electron chi connectivity index (χ1n) is 8.33. The fraction of sp³-hybridized carbons (Fsp3) is 0.294. The van der Waals surface area contributed by atoms with Crippen molar-refractivity contribution in [2.24, 2.45) is 0 Å². The molecule has 1 aromatic carbocycles. The van der Waals surface area contributed by atoms with Crippen LogP contribution < -0.4 is 5.01 Å². The molecule has 0 aliphatic carbocycles. The fourth-order valence-electron chi connectivity index (χ4n) is 3.00. The number of H-pyrrole nitrogens is 1. The molecule has 0 aliphatic heterocycles. The first kappa shape index (κ1) is 15.5. The molecular weight excluding hydrogens is 316 g/mol. The Morgan fingerprint density at radius 1 is 1.12 bits per heavy atom. The summed E-state index contributed by atoms with van der Waals surface area (Å²) in [5.74, 6) is 0.655. The van der Waals surface area contributed by atoms with Crippen LogP contribution in [-0.4, -0.2) is 54.9 Å². The molecule has 0 spiro atoms. The van der Waals surface area contributed by atoms with E-state index in [1.165, 1.54) is 0 Å². The maximum Gasteiger partial charge on any atom is 0.242 e. The van der Waals surface area contributed by atoms with Gasteiger partial charge in [-0.1, -0.05) is 13.8 Å². The van der Waals surface area contributed by atoms with E-state index in [0.717, 1.165) is 40.8 Å². The molecule has 0 saturated carbocycles. The van der Waals surface area contributed by atoms with E-state index in [4.69, 9.17) is 4.98 Å². The molecule has 0 aliphatic rings. The summed E-state index contributed by atoms with van der Waals surface area (Å²) in [6.45, 7) is 6.02. The van der Waals surface area contributed by atoms with Crippen molar-refractivity contribution in [3.8, 4) is 5.69 Å². The highest BCUT2D eigenvalue weighted by Crippen LogP contribution is 2.21. The van der Waals surface area contributed by atoms with Crippen LogP contribution in [0.15, 0.2) is 36.9 Å². The zero-order valence-corrected chi connectivity index (χ0v) is 14.5. The molecule has 0 saturated heterocycles. The number of fused-ring (bicyclic) bond motifs is 2. The van der Waals surface area contributed by atoms with E-state index in [0.29, 0.717) is 5.95 Å². The lowest BCUT2D eigenvalue weighted by molar-refractivity contribution is 0.289. The van der Waals surface area contributed by atoms with Crippen LogP contribution in [0.25, 0.3) is 27.8 Å². The molecule has 3 heterocycles. The first-order chi connectivity index (χ1) is 12.2. The van der Waals surface area contributed by atoms with Crippen LogP contribution in [0.3, 0.4) is 0 Å². The summed E-state index contributed by atoms with van der Waals surface area (Å²) in [7, 11) is 1.98. The summed E-state index contributed by atoms with van der Waals surface area (Å²) in [4.78, 5) is 13.6. The number of imidazole rings is 1. The number of aromatic amines is 1. The van der Waals surface area contributed by atoms with Gasteiger partial charge in [0.25, 0.3) is 0 Å². The molecule has 0 unspecified atom stereocenters. The smallest absolute Gasteiger partial charge is 0.242 e. The minimum absolute atomic E-state index is 0.655. The molecule has 8 nitrogen and oxygen atoms in total. The number of hydrazine groups is 1. The van der Waals surface area contributed by atoms with E-state index in [9.17, 15) is 0 Å². The van der Waals surface area contributed by atoms with Crippen LogP contribution in [0.1, 0.15) is 13.8 Å². The standard InChI is InChI=1S/C17H20N8/c1-4-24(5-2)23(3)17-18-10-15-16(21-17)25(11-19-15)13-6-7-14-12(8-13)9-20-22-14/h6-11H,4-5H2,1-3H3,(H,20,22). The summed E-state index contributed by atoms with van der Waals surface area (Å²) in [6.07, 6.45) is 5.36. The molecule has 1 N–H and O–H groups in total. The Bertz CT molecular complexity index is 1010. The Morgan fingerprint density at radius 3 is 2.76 bits per heavy atom. The van der Waals surface area contributed by atoms with Crippen molar-refractivity contribution in [3.05, 3.63) is 36.9 Å². The highest BCUT2D eigenvalue weighted by Gasteiger charge is 2.14. The Labute approximate surface area is 145 Å². The number of anilines is 1. The fourth-order valence-corrected chi connectivity index (χ4v) is 3.00. The number of aromatic nitrogens is 6. The summed E-state index contributed by atoms with van der Waals surface area (Å²) < 4.78 is 1.98. The van der Waals surface area contributed by atoms with E-state index in [2.05, 4.69) is 45.1 Å². The lowest BCUT2D eigenvalue weighted by Crippen LogP contribution is -2.40. The van der Waals surface area contributed by atoms with Crippen LogP contribution in [0.5, 0.6) is 0 Å². The van der Waals surface area contributed by atoms with Gasteiger partial charge in [-0.2, -0.15) is 10.1 Å². The molecule has 0 amide bonds. The molecular formula is C17H20N8. The molecule has 0 bridgehead atoms. The maximum absolute atomic E-state index is 4.75. The number of nitrogens with one attached hydrogen (secondary N) is 1. The average Bonchev–Trinajstić information content (AvgIpc) is 3.27. The number of rotatable bonds is 5. The van der Waals surface area contributed by atoms with E-state index in [1.807, 2.05) is 35.0 Å². The summed E-state index contributed by atoms with van der Waals surface area (Å²) in [5, 5.41) is 12.2. The number of hydrogen-bond donors (Lipinski definition) is 1. The highest BCUT2D eigenvalue weighted by molar-refractivity contribution is 5.81. The quantitative estimate of drug-likeness (QED) is 0.564. The van der Waals surface area contributed by atoms with Gasteiger partial charge < -0.3 is 0 Å². The van der Waals surface area contributed by atoms with E-state index < -0.39 is 0 Å². The van der Waals surface area contributed by atoms with Crippen LogP contribution in [0, 0.1) is 0 Å². The van der Waals surface area contributed by atoms with Crippen LogP contribution in [0.2, 0.25) is 0 Å². The first-order valence-corrected chi connectivity index (χ1v) is 8.33. The minimum Gasteiger partial charge on any atom is -0.283 e. The lowest BCUT2D eigenvalue weighted by Gasteiger charge is -2.29. The Hall–Kier alpha value is -3.00. The zero-order chi connectivity index (χ0) is 17.4. The van der Waals surface area contributed by atoms with E-state index >= 15 is 0 Å². The normalized spacial score (nSPS) is 11.7. The molecule has 0 fully saturated rings. The van der Waals surface area contributed by atoms with Crippen molar-refractivity contribution in [3.63, 3.8) is 0 Å². The van der Waals surface area contributed by atoms with Gasteiger partial charge in [0, 0.05) is 31.2 Å². The maximum atomic E-state index is 4.75. The third-order valence-corrected chi connectivity index (χ3v) is 4.42. The predicted octanol–water partition coefficient (Wildman–Crippen LogP) is 2.38. The van der Waals surface area contributed by atoms with Crippen molar-refractivity contribution >= 4 is 28.0 Å². The van der Waals surface area contributed by atoms with Crippen molar-refractivity contribution in [1.82, 2.24) is 34.7 Å². The van der Waals surface area contributed by atoms with Gasteiger partial charge in [0.1, 0.15) is 11.8 Å². The van der Waals surface area contributed by atoms with E-state index in [1.54, 1.807) is 12.5 Å². The highest BCUT2D eigenvalue weighted by atomic mass is 15.6. The van der Waals surface area contributed by atoms with Gasteiger partial charge >= 0.3 is 0 Å². The lowest BCUT2D eigenvalue weighted by atomic mass is 10.2. The topological polar surface area (TPSA) is 78.8 Å². The van der Waals surface area contributed by atoms with Gasteiger partial charge in [-0.05, 0) is 18.2 Å². The average molecular weight is 336 g/mol. The monoisotopic (exact) mass is 336 g/mol. The van der Waals surface area contributed by atoms with Crippen molar-refractivity contribution < 1.29 is 0 Å². The molecule has 4 aromatic rings. The SMILES string of the molecule is CCN(CC)N(C)c1ncc2ncn(-c3ccc4[nH]ncc4c3)c2n1.